The van der Waals surface area contributed by atoms with Crippen molar-refractivity contribution in [1.82, 2.24) is 5.43 Å². The van der Waals surface area contributed by atoms with Gasteiger partial charge in [0.15, 0.2) is 11.5 Å². The van der Waals surface area contributed by atoms with Gasteiger partial charge in [0.1, 0.15) is 6.04 Å². The smallest absolute Gasteiger partial charge is 0.262 e. The van der Waals surface area contributed by atoms with Crippen LogP contribution in [0.4, 0.5) is 5.69 Å². The summed E-state index contributed by atoms with van der Waals surface area (Å²) in [6.07, 6.45) is 1.56. The van der Waals surface area contributed by atoms with Gasteiger partial charge in [0.2, 0.25) is 0 Å². The largest absolute Gasteiger partial charge is 0.493 e. The molecular formula is C22H23N3O3. The van der Waals surface area contributed by atoms with E-state index in [2.05, 4.69) is 21.9 Å². The highest BCUT2D eigenvalue weighted by atomic mass is 16.5. The van der Waals surface area contributed by atoms with E-state index < -0.39 is 6.04 Å². The molecule has 144 valence electrons. The number of benzene rings is 3. The van der Waals surface area contributed by atoms with Crippen LogP contribution >= 0.6 is 0 Å². The van der Waals surface area contributed by atoms with E-state index in [0.717, 1.165) is 22.0 Å². The van der Waals surface area contributed by atoms with Gasteiger partial charge in [-0.1, -0.05) is 30.3 Å². The van der Waals surface area contributed by atoms with Crippen LogP contribution in [-0.2, 0) is 4.79 Å². The van der Waals surface area contributed by atoms with E-state index in [1.165, 1.54) is 0 Å². The first-order valence-electron chi connectivity index (χ1n) is 8.91. The van der Waals surface area contributed by atoms with E-state index in [9.17, 15) is 4.79 Å². The molecule has 3 rings (SSSR count). The molecular weight excluding hydrogens is 354 g/mol. The fourth-order valence-corrected chi connectivity index (χ4v) is 2.80. The van der Waals surface area contributed by atoms with Crippen molar-refractivity contribution in [3.8, 4) is 11.5 Å². The van der Waals surface area contributed by atoms with Crippen LogP contribution in [0.15, 0.2) is 65.8 Å². The maximum atomic E-state index is 12.3. The molecule has 1 unspecified atom stereocenters. The van der Waals surface area contributed by atoms with Gasteiger partial charge in [0, 0.05) is 5.69 Å². The number of carbonyl (C=O) groups excluding carboxylic acids is 1. The first-order chi connectivity index (χ1) is 13.6. The predicted molar refractivity (Wildman–Crippen MR) is 112 cm³/mol. The Morgan fingerprint density at radius 2 is 1.71 bits per heavy atom. The number of methoxy groups -OCH3 is 2. The quantitative estimate of drug-likeness (QED) is 0.485. The molecule has 0 fully saturated rings. The molecule has 3 aromatic rings. The van der Waals surface area contributed by atoms with Gasteiger partial charge in [0.05, 0.1) is 20.4 Å². The van der Waals surface area contributed by atoms with Gasteiger partial charge >= 0.3 is 0 Å². The van der Waals surface area contributed by atoms with E-state index in [-0.39, 0.29) is 5.91 Å². The maximum absolute atomic E-state index is 12.3. The second-order valence-electron chi connectivity index (χ2n) is 6.28. The number of hydrogen-bond donors (Lipinski definition) is 2. The third-order valence-corrected chi connectivity index (χ3v) is 4.32. The molecule has 0 radical (unpaired) electrons. The Balaban J connectivity index is 1.59. The zero-order valence-electron chi connectivity index (χ0n) is 16.1. The molecule has 0 bridgehead atoms. The molecule has 3 aromatic carbocycles. The summed E-state index contributed by atoms with van der Waals surface area (Å²) in [7, 11) is 3.15. The van der Waals surface area contributed by atoms with Crippen molar-refractivity contribution >= 4 is 28.6 Å². The van der Waals surface area contributed by atoms with Crippen molar-refractivity contribution in [2.75, 3.05) is 19.5 Å². The first-order valence-corrected chi connectivity index (χ1v) is 8.91. The fraction of sp³-hybridized carbons (Fsp3) is 0.182. The highest BCUT2D eigenvalue weighted by Gasteiger charge is 2.12. The van der Waals surface area contributed by atoms with Gasteiger partial charge in [-0.3, -0.25) is 4.79 Å². The van der Waals surface area contributed by atoms with Crippen LogP contribution in [0.25, 0.3) is 10.8 Å². The van der Waals surface area contributed by atoms with Crippen LogP contribution in [-0.4, -0.2) is 32.4 Å². The molecule has 28 heavy (non-hydrogen) atoms. The monoisotopic (exact) mass is 377 g/mol. The lowest BCUT2D eigenvalue weighted by atomic mass is 10.1. The van der Waals surface area contributed by atoms with Crippen LogP contribution in [0, 0.1) is 0 Å². The highest BCUT2D eigenvalue weighted by Crippen LogP contribution is 2.26. The predicted octanol–water partition coefficient (Wildman–Crippen LogP) is 3.81. The summed E-state index contributed by atoms with van der Waals surface area (Å²) < 4.78 is 10.5. The fourth-order valence-electron chi connectivity index (χ4n) is 2.80. The van der Waals surface area contributed by atoms with Gasteiger partial charge in [-0.2, -0.15) is 5.10 Å². The van der Waals surface area contributed by atoms with E-state index in [1.807, 2.05) is 42.5 Å². The molecule has 6 heteroatoms. The normalized spacial score (nSPS) is 12.0. The third kappa shape index (κ3) is 4.59. The van der Waals surface area contributed by atoms with Crippen molar-refractivity contribution in [2.45, 2.75) is 13.0 Å². The van der Waals surface area contributed by atoms with Crippen LogP contribution < -0.4 is 20.2 Å². The van der Waals surface area contributed by atoms with Gasteiger partial charge in [-0.25, -0.2) is 5.43 Å². The van der Waals surface area contributed by atoms with Gasteiger partial charge in [-0.05, 0) is 53.6 Å². The number of carbonyl (C=O) groups is 1. The Hall–Kier alpha value is -3.54. The van der Waals surface area contributed by atoms with Crippen molar-refractivity contribution in [3.63, 3.8) is 0 Å². The van der Waals surface area contributed by atoms with Crippen LogP contribution in [0.5, 0.6) is 11.5 Å². The number of rotatable bonds is 7. The molecule has 6 nitrogen and oxygen atoms in total. The average Bonchev–Trinajstić information content (AvgIpc) is 2.73. The van der Waals surface area contributed by atoms with E-state index in [4.69, 9.17) is 9.47 Å². The molecule has 2 N–H and O–H groups in total. The van der Waals surface area contributed by atoms with Crippen LogP contribution in [0.1, 0.15) is 12.5 Å². The molecule has 1 atom stereocenters. The molecule has 1 amide bonds. The number of amides is 1. The summed E-state index contributed by atoms with van der Waals surface area (Å²) in [6, 6.07) is 19.0. The zero-order valence-corrected chi connectivity index (χ0v) is 16.1. The molecule has 0 heterocycles. The molecule has 0 aromatic heterocycles. The summed E-state index contributed by atoms with van der Waals surface area (Å²) in [6.45, 7) is 1.79. The lowest BCUT2D eigenvalue weighted by Gasteiger charge is -2.14. The number of anilines is 1. The summed E-state index contributed by atoms with van der Waals surface area (Å²) in [5.41, 5.74) is 4.22. The summed E-state index contributed by atoms with van der Waals surface area (Å²) in [5, 5.41) is 9.49. The number of hydrazone groups is 1. The number of fused-ring (bicyclic) bond motifs is 1. The Morgan fingerprint density at radius 1 is 0.964 bits per heavy atom. The molecule has 0 saturated heterocycles. The Kier molecular flexibility index (Phi) is 6.11. The van der Waals surface area contributed by atoms with Crippen molar-refractivity contribution in [1.29, 1.82) is 0 Å². The minimum Gasteiger partial charge on any atom is -0.493 e. The number of ether oxygens (including phenoxy) is 2. The van der Waals surface area contributed by atoms with E-state index >= 15 is 0 Å². The molecule has 0 aliphatic carbocycles. The minimum atomic E-state index is -0.441. The molecule has 0 aliphatic rings. The number of nitrogens with zero attached hydrogens (tertiary/aromatic N) is 1. The minimum absolute atomic E-state index is 0.232. The average molecular weight is 377 g/mol. The van der Waals surface area contributed by atoms with Gasteiger partial charge in [0.25, 0.3) is 5.91 Å². The van der Waals surface area contributed by atoms with Crippen LogP contribution in [0.2, 0.25) is 0 Å². The second kappa shape index (κ2) is 8.90. The summed E-state index contributed by atoms with van der Waals surface area (Å²) in [5.74, 6) is 1.01. The van der Waals surface area contributed by atoms with Crippen molar-refractivity contribution in [2.24, 2.45) is 5.10 Å². The van der Waals surface area contributed by atoms with Crippen LogP contribution in [0.3, 0.4) is 0 Å². The summed E-state index contributed by atoms with van der Waals surface area (Å²) >= 11 is 0. The topological polar surface area (TPSA) is 72.0 Å². The zero-order chi connectivity index (χ0) is 19.9. The highest BCUT2D eigenvalue weighted by molar-refractivity contribution is 5.89. The first kappa shape index (κ1) is 19.2. The lowest BCUT2D eigenvalue weighted by molar-refractivity contribution is -0.121. The summed E-state index contributed by atoms with van der Waals surface area (Å²) in [4.78, 5) is 12.3. The maximum Gasteiger partial charge on any atom is 0.262 e. The standard InChI is InChI=1S/C22H23N3O3/c1-15(24-19-10-9-17-6-4-5-7-18(17)13-19)22(26)25-23-14-16-8-11-20(27-2)21(12-16)28-3/h4-15,24H,1-3H3,(H,25,26). The second-order valence-corrected chi connectivity index (χ2v) is 6.28. The Morgan fingerprint density at radius 3 is 2.46 bits per heavy atom. The lowest BCUT2D eigenvalue weighted by Crippen LogP contribution is -2.34. The molecule has 0 aliphatic heterocycles. The van der Waals surface area contributed by atoms with Gasteiger partial charge in [-0.15, -0.1) is 0 Å². The van der Waals surface area contributed by atoms with E-state index in [0.29, 0.717) is 11.5 Å². The Bertz CT molecular complexity index is 1000. The van der Waals surface area contributed by atoms with E-state index in [1.54, 1.807) is 39.5 Å². The molecule has 0 saturated carbocycles. The third-order valence-electron chi connectivity index (χ3n) is 4.32. The Labute approximate surface area is 164 Å². The SMILES string of the molecule is COc1ccc(C=NNC(=O)C(C)Nc2ccc3ccccc3c2)cc1OC. The van der Waals surface area contributed by atoms with Crippen molar-refractivity contribution < 1.29 is 14.3 Å². The number of hydrogen-bond acceptors (Lipinski definition) is 5. The number of nitrogens with one attached hydrogen (secondary N) is 2. The van der Waals surface area contributed by atoms with Crippen molar-refractivity contribution in [3.05, 3.63) is 66.2 Å². The van der Waals surface area contributed by atoms with Gasteiger partial charge < -0.3 is 14.8 Å². The molecule has 0 spiro atoms.